The van der Waals surface area contributed by atoms with Crippen LogP contribution in [0.5, 0.6) is 0 Å². The lowest BCUT2D eigenvalue weighted by Gasteiger charge is -2.38. The molecule has 2 atom stereocenters. The van der Waals surface area contributed by atoms with Crippen LogP contribution in [0.2, 0.25) is 0 Å². The van der Waals surface area contributed by atoms with Gasteiger partial charge in [-0.05, 0) is 49.4 Å². The highest BCUT2D eigenvalue weighted by Gasteiger charge is 2.52. The molecule has 128 valence electrons. The fourth-order valence-corrected chi connectivity index (χ4v) is 4.53. The van der Waals surface area contributed by atoms with Gasteiger partial charge in [-0.3, -0.25) is 0 Å². The smallest absolute Gasteiger partial charge is 0.106 e. The van der Waals surface area contributed by atoms with Crippen molar-refractivity contribution in [3.8, 4) is 0 Å². The van der Waals surface area contributed by atoms with Gasteiger partial charge in [-0.15, -0.1) is 5.10 Å². The van der Waals surface area contributed by atoms with E-state index in [1.54, 1.807) is 0 Å². The molecule has 2 N–H and O–H groups in total. The van der Waals surface area contributed by atoms with E-state index in [4.69, 9.17) is 0 Å². The Morgan fingerprint density at radius 2 is 2.04 bits per heavy atom. The highest BCUT2D eigenvalue weighted by Crippen LogP contribution is 2.51. The maximum absolute atomic E-state index is 11.3. The molecule has 1 aromatic carbocycles. The van der Waals surface area contributed by atoms with Crippen LogP contribution < -0.4 is 5.32 Å². The van der Waals surface area contributed by atoms with E-state index in [0.717, 1.165) is 38.0 Å². The van der Waals surface area contributed by atoms with Gasteiger partial charge in [-0.1, -0.05) is 43.3 Å². The van der Waals surface area contributed by atoms with Crippen LogP contribution >= 0.6 is 0 Å². The van der Waals surface area contributed by atoms with Crippen LogP contribution in [-0.4, -0.2) is 39.3 Å². The van der Waals surface area contributed by atoms with Crippen molar-refractivity contribution < 1.29 is 5.11 Å². The Morgan fingerprint density at radius 3 is 2.79 bits per heavy atom. The molecular formula is C19H26N4O. The zero-order chi connectivity index (χ0) is 16.7. The molecule has 1 fully saturated rings. The zero-order valence-corrected chi connectivity index (χ0v) is 14.4. The summed E-state index contributed by atoms with van der Waals surface area (Å²) in [6, 6.07) is 8.35. The summed E-state index contributed by atoms with van der Waals surface area (Å²) in [5, 5.41) is 23.4. The molecule has 1 aromatic heterocycles. The van der Waals surface area contributed by atoms with Gasteiger partial charge in [0.2, 0.25) is 0 Å². The van der Waals surface area contributed by atoms with Gasteiger partial charge in [-0.25, -0.2) is 4.68 Å². The molecule has 2 heterocycles. The molecule has 4 rings (SSSR count). The molecule has 1 spiro atoms. The highest BCUT2D eigenvalue weighted by atomic mass is 16.3. The molecular weight excluding hydrogens is 300 g/mol. The Balaban J connectivity index is 1.75. The standard InChI is InChI=1S/C19H26N4O/c1-13(2)11-14-12-23(22-21-14)17-15-5-3-4-6-16(15)19(18(17)24)7-9-20-10-8-19/h3-6,12-13,17-18,20,24H,7-11H2,1-2H3/t17-,18+/m1/s1. The zero-order valence-electron chi connectivity index (χ0n) is 14.4. The molecule has 0 radical (unpaired) electrons. The fraction of sp³-hybridized carbons (Fsp3) is 0.579. The Morgan fingerprint density at radius 1 is 1.29 bits per heavy atom. The lowest BCUT2D eigenvalue weighted by atomic mass is 9.72. The molecule has 2 aliphatic rings. The monoisotopic (exact) mass is 326 g/mol. The SMILES string of the molecule is CC(C)Cc1cn([C@@H]2c3ccccc3C3(CCNCC3)[C@H]2O)nn1. The number of rotatable bonds is 3. The predicted molar refractivity (Wildman–Crippen MR) is 92.9 cm³/mol. The fourth-order valence-electron chi connectivity index (χ4n) is 4.53. The Bertz CT molecular complexity index is 718. The summed E-state index contributed by atoms with van der Waals surface area (Å²) in [6.45, 7) is 6.27. The summed E-state index contributed by atoms with van der Waals surface area (Å²) >= 11 is 0. The van der Waals surface area contributed by atoms with Crippen molar-refractivity contribution in [1.29, 1.82) is 0 Å². The van der Waals surface area contributed by atoms with Crippen molar-refractivity contribution in [2.75, 3.05) is 13.1 Å². The largest absolute Gasteiger partial charge is 0.390 e. The van der Waals surface area contributed by atoms with Gasteiger partial charge in [-0.2, -0.15) is 0 Å². The average molecular weight is 326 g/mol. The van der Waals surface area contributed by atoms with Gasteiger partial charge in [0.05, 0.1) is 11.8 Å². The third kappa shape index (κ3) is 2.38. The molecule has 1 aliphatic carbocycles. The summed E-state index contributed by atoms with van der Waals surface area (Å²) in [4.78, 5) is 0. The first-order valence-corrected chi connectivity index (χ1v) is 9.01. The van der Waals surface area contributed by atoms with Crippen molar-refractivity contribution in [3.63, 3.8) is 0 Å². The molecule has 0 unspecified atom stereocenters. The van der Waals surface area contributed by atoms with Crippen LogP contribution in [0.1, 0.15) is 49.6 Å². The minimum absolute atomic E-state index is 0.132. The van der Waals surface area contributed by atoms with Crippen LogP contribution in [0.25, 0.3) is 0 Å². The van der Waals surface area contributed by atoms with Crippen molar-refractivity contribution in [2.24, 2.45) is 5.92 Å². The minimum Gasteiger partial charge on any atom is -0.390 e. The lowest BCUT2D eigenvalue weighted by molar-refractivity contribution is 0.0421. The number of nitrogens with zero attached hydrogens (tertiary/aromatic N) is 3. The predicted octanol–water partition coefficient (Wildman–Crippen LogP) is 2.06. The van der Waals surface area contributed by atoms with E-state index >= 15 is 0 Å². The average Bonchev–Trinajstić information content (AvgIpc) is 3.11. The van der Waals surface area contributed by atoms with E-state index in [0.29, 0.717) is 5.92 Å². The first-order chi connectivity index (χ1) is 11.6. The first kappa shape index (κ1) is 15.8. The number of aromatic nitrogens is 3. The quantitative estimate of drug-likeness (QED) is 0.906. The van der Waals surface area contributed by atoms with Crippen molar-refractivity contribution in [1.82, 2.24) is 20.3 Å². The normalized spacial score (nSPS) is 25.3. The van der Waals surface area contributed by atoms with Gasteiger partial charge >= 0.3 is 0 Å². The van der Waals surface area contributed by atoms with Crippen LogP contribution in [-0.2, 0) is 11.8 Å². The van der Waals surface area contributed by atoms with Gasteiger partial charge in [0, 0.05) is 11.6 Å². The number of hydrogen-bond acceptors (Lipinski definition) is 4. The van der Waals surface area contributed by atoms with Gasteiger partial charge in [0.25, 0.3) is 0 Å². The third-order valence-electron chi connectivity index (χ3n) is 5.64. The second kappa shape index (κ2) is 5.97. The highest BCUT2D eigenvalue weighted by molar-refractivity contribution is 5.45. The Hall–Kier alpha value is -1.72. The summed E-state index contributed by atoms with van der Waals surface area (Å²) < 4.78 is 1.89. The summed E-state index contributed by atoms with van der Waals surface area (Å²) in [7, 11) is 0. The number of aliphatic hydroxyl groups excluding tert-OH is 1. The molecule has 0 amide bonds. The summed E-state index contributed by atoms with van der Waals surface area (Å²) in [6.07, 6.45) is 4.42. The van der Waals surface area contributed by atoms with E-state index in [2.05, 4.69) is 53.7 Å². The molecule has 5 heteroatoms. The number of hydrogen-bond donors (Lipinski definition) is 2. The number of piperidine rings is 1. The first-order valence-electron chi connectivity index (χ1n) is 9.01. The number of fused-ring (bicyclic) bond motifs is 2. The molecule has 24 heavy (non-hydrogen) atoms. The Kier molecular flexibility index (Phi) is 3.93. The topological polar surface area (TPSA) is 63.0 Å². The van der Waals surface area contributed by atoms with Crippen LogP contribution in [0.4, 0.5) is 0 Å². The molecule has 0 saturated carbocycles. The second-order valence-corrected chi connectivity index (χ2v) is 7.67. The Labute approximate surface area is 143 Å². The van der Waals surface area contributed by atoms with E-state index in [9.17, 15) is 5.11 Å². The number of nitrogens with one attached hydrogen (secondary N) is 1. The molecule has 0 bridgehead atoms. The second-order valence-electron chi connectivity index (χ2n) is 7.67. The maximum atomic E-state index is 11.3. The summed E-state index contributed by atoms with van der Waals surface area (Å²) in [5.74, 6) is 0.548. The molecule has 1 saturated heterocycles. The number of benzene rings is 1. The van der Waals surface area contributed by atoms with E-state index in [1.807, 2.05) is 10.9 Å². The van der Waals surface area contributed by atoms with Crippen LogP contribution in [0.3, 0.4) is 0 Å². The van der Waals surface area contributed by atoms with Crippen LogP contribution in [0, 0.1) is 5.92 Å². The van der Waals surface area contributed by atoms with Gasteiger partial charge in [0.1, 0.15) is 6.04 Å². The molecule has 1 aliphatic heterocycles. The van der Waals surface area contributed by atoms with Crippen molar-refractivity contribution in [2.45, 2.75) is 50.7 Å². The number of aliphatic hydroxyl groups is 1. The molecule has 2 aromatic rings. The van der Waals surface area contributed by atoms with E-state index in [1.165, 1.54) is 11.1 Å². The van der Waals surface area contributed by atoms with E-state index < -0.39 is 6.10 Å². The molecule has 5 nitrogen and oxygen atoms in total. The van der Waals surface area contributed by atoms with E-state index in [-0.39, 0.29) is 11.5 Å². The van der Waals surface area contributed by atoms with Gasteiger partial charge in [0.15, 0.2) is 0 Å². The lowest BCUT2D eigenvalue weighted by Crippen LogP contribution is -2.47. The maximum Gasteiger partial charge on any atom is 0.106 e. The van der Waals surface area contributed by atoms with Gasteiger partial charge < -0.3 is 10.4 Å². The van der Waals surface area contributed by atoms with Crippen molar-refractivity contribution in [3.05, 3.63) is 47.3 Å². The van der Waals surface area contributed by atoms with Crippen LogP contribution in [0.15, 0.2) is 30.5 Å². The third-order valence-corrected chi connectivity index (χ3v) is 5.64. The van der Waals surface area contributed by atoms with Crippen molar-refractivity contribution >= 4 is 0 Å². The minimum atomic E-state index is -0.453. The summed E-state index contributed by atoms with van der Waals surface area (Å²) in [5.41, 5.74) is 3.34.